The second-order valence-electron chi connectivity index (χ2n) is 3.86. The molecule has 1 unspecified atom stereocenters. The van der Waals surface area contributed by atoms with Crippen LogP contribution in [-0.4, -0.2) is 16.8 Å². The second-order valence-corrected chi connectivity index (χ2v) is 5.12. The van der Waals surface area contributed by atoms with Crippen LogP contribution in [-0.2, 0) is 7.05 Å². The number of nitrogens with one attached hydrogen (secondary N) is 1. The minimum Gasteiger partial charge on any atom is -0.308 e. The zero-order valence-corrected chi connectivity index (χ0v) is 12.3. The average molecular weight is 333 g/mol. The van der Waals surface area contributed by atoms with Gasteiger partial charge in [0, 0.05) is 17.1 Å². The van der Waals surface area contributed by atoms with Gasteiger partial charge in [0.25, 0.3) is 0 Å². The van der Waals surface area contributed by atoms with Crippen molar-refractivity contribution in [2.24, 2.45) is 7.05 Å². The minimum atomic E-state index is -0.361. The molecule has 0 amide bonds. The van der Waals surface area contributed by atoms with Crippen molar-refractivity contribution in [3.63, 3.8) is 0 Å². The van der Waals surface area contributed by atoms with Crippen LogP contribution in [0.3, 0.4) is 0 Å². The van der Waals surface area contributed by atoms with E-state index in [1.807, 2.05) is 0 Å². The summed E-state index contributed by atoms with van der Waals surface area (Å²) in [6, 6.07) is 4.52. The minimum absolute atomic E-state index is 0.291. The van der Waals surface area contributed by atoms with Crippen molar-refractivity contribution in [3.05, 3.63) is 51.0 Å². The Hall–Kier alpha value is -0.910. The number of nitrogens with zero attached hydrogens (tertiary/aromatic N) is 2. The fraction of sp³-hybridized carbons (Fsp3) is 0.250. The molecule has 18 heavy (non-hydrogen) atoms. The van der Waals surface area contributed by atoms with Gasteiger partial charge in [0.1, 0.15) is 5.82 Å². The zero-order chi connectivity index (χ0) is 13.3. The fourth-order valence-corrected chi connectivity index (χ4v) is 2.80. The monoisotopic (exact) mass is 331 g/mol. The molecule has 0 fully saturated rings. The molecular formula is C12H12BrClFN3. The van der Waals surface area contributed by atoms with Gasteiger partial charge >= 0.3 is 0 Å². The first-order valence-electron chi connectivity index (χ1n) is 5.34. The third kappa shape index (κ3) is 2.30. The number of rotatable bonds is 3. The number of halogens is 3. The molecule has 6 heteroatoms. The molecule has 0 aliphatic rings. The van der Waals surface area contributed by atoms with Crippen molar-refractivity contribution >= 4 is 27.5 Å². The Morgan fingerprint density at radius 1 is 1.50 bits per heavy atom. The predicted octanol–water partition coefficient (Wildman–Crippen LogP) is 3.28. The number of hydrogen-bond acceptors (Lipinski definition) is 2. The van der Waals surface area contributed by atoms with Crippen LogP contribution in [0.2, 0.25) is 5.02 Å². The van der Waals surface area contributed by atoms with E-state index in [0.29, 0.717) is 15.1 Å². The Morgan fingerprint density at radius 3 is 2.72 bits per heavy atom. The summed E-state index contributed by atoms with van der Waals surface area (Å²) in [5.74, 6) is -0.291. The van der Waals surface area contributed by atoms with Crippen LogP contribution in [0.4, 0.5) is 4.39 Å². The van der Waals surface area contributed by atoms with Crippen molar-refractivity contribution in [2.45, 2.75) is 6.04 Å². The normalized spacial score (nSPS) is 12.7. The molecule has 0 saturated heterocycles. The molecule has 0 aliphatic heterocycles. The van der Waals surface area contributed by atoms with Crippen molar-refractivity contribution in [1.82, 2.24) is 15.1 Å². The molecule has 1 heterocycles. The van der Waals surface area contributed by atoms with Gasteiger partial charge in [-0.1, -0.05) is 33.6 Å². The maximum Gasteiger partial charge on any atom is 0.129 e. The third-order valence-corrected chi connectivity index (χ3v) is 3.77. The van der Waals surface area contributed by atoms with Crippen LogP contribution < -0.4 is 5.32 Å². The van der Waals surface area contributed by atoms with E-state index in [4.69, 9.17) is 11.6 Å². The van der Waals surface area contributed by atoms with E-state index in [2.05, 4.69) is 26.3 Å². The summed E-state index contributed by atoms with van der Waals surface area (Å²) in [7, 11) is 3.53. The first-order chi connectivity index (χ1) is 8.56. The van der Waals surface area contributed by atoms with Gasteiger partial charge in [-0.3, -0.25) is 4.68 Å². The summed E-state index contributed by atoms with van der Waals surface area (Å²) in [4.78, 5) is 0. The number of aryl methyl sites for hydroxylation is 1. The summed E-state index contributed by atoms with van der Waals surface area (Å²) in [6.45, 7) is 0. The molecular weight excluding hydrogens is 321 g/mol. The molecule has 2 aromatic rings. The summed E-state index contributed by atoms with van der Waals surface area (Å²) in [6.07, 6.45) is 1.55. The highest BCUT2D eigenvalue weighted by Crippen LogP contribution is 2.33. The molecule has 1 N–H and O–H groups in total. The summed E-state index contributed by atoms with van der Waals surface area (Å²) < 4.78 is 16.3. The molecule has 0 aliphatic carbocycles. The fourth-order valence-electron chi connectivity index (χ4n) is 1.95. The van der Waals surface area contributed by atoms with Crippen molar-refractivity contribution in [3.8, 4) is 0 Å². The second kappa shape index (κ2) is 5.38. The van der Waals surface area contributed by atoms with Gasteiger partial charge in [0.05, 0.1) is 23.0 Å². The smallest absolute Gasteiger partial charge is 0.129 e. The molecule has 3 nitrogen and oxygen atoms in total. The van der Waals surface area contributed by atoms with Gasteiger partial charge in [-0.05, 0) is 19.2 Å². The molecule has 0 bridgehead atoms. The van der Waals surface area contributed by atoms with Crippen LogP contribution in [0.25, 0.3) is 0 Å². The van der Waals surface area contributed by atoms with E-state index in [-0.39, 0.29) is 11.9 Å². The predicted molar refractivity (Wildman–Crippen MR) is 73.2 cm³/mol. The topological polar surface area (TPSA) is 29.9 Å². The number of hydrogen-bond donors (Lipinski definition) is 1. The van der Waals surface area contributed by atoms with Crippen molar-refractivity contribution in [2.75, 3.05) is 7.05 Å². The largest absolute Gasteiger partial charge is 0.308 e. The Balaban J connectivity index is 2.59. The lowest BCUT2D eigenvalue weighted by atomic mass is 10.0. The van der Waals surface area contributed by atoms with Gasteiger partial charge in [0.2, 0.25) is 0 Å². The molecule has 1 aromatic heterocycles. The van der Waals surface area contributed by atoms with Crippen LogP contribution in [0, 0.1) is 5.82 Å². The number of aromatic nitrogens is 2. The van der Waals surface area contributed by atoms with Gasteiger partial charge in [-0.15, -0.1) is 0 Å². The highest BCUT2D eigenvalue weighted by molar-refractivity contribution is 9.10. The van der Waals surface area contributed by atoms with E-state index < -0.39 is 0 Å². The highest BCUT2D eigenvalue weighted by Gasteiger charge is 2.24. The lowest BCUT2D eigenvalue weighted by Gasteiger charge is -2.19. The molecule has 0 spiro atoms. The summed E-state index contributed by atoms with van der Waals surface area (Å²) >= 11 is 9.48. The molecule has 96 valence electrons. The van der Waals surface area contributed by atoms with E-state index in [1.54, 1.807) is 37.1 Å². The van der Waals surface area contributed by atoms with Gasteiger partial charge in [-0.2, -0.15) is 5.10 Å². The first kappa shape index (κ1) is 13.5. The van der Waals surface area contributed by atoms with Gasteiger partial charge in [0.15, 0.2) is 0 Å². The van der Waals surface area contributed by atoms with Crippen LogP contribution in [0.1, 0.15) is 17.3 Å². The van der Waals surface area contributed by atoms with Crippen molar-refractivity contribution < 1.29 is 4.39 Å². The molecule has 1 aromatic carbocycles. The molecule has 0 saturated carbocycles. The SMILES string of the molecule is CNC(c1c(F)cccc1Br)c1c(Cl)cnn1C. The quantitative estimate of drug-likeness (QED) is 0.935. The lowest BCUT2D eigenvalue weighted by Crippen LogP contribution is -2.22. The van der Waals surface area contributed by atoms with Gasteiger partial charge < -0.3 is 5.32 Å². The van der Waals surface area contributed by atoms with Crippen LogP contribution in [0.15, 0.2) is 28.9 Å². The third-order valence-electron chi connectivity index (χ3n) is 2.79. The average Bonchev–Trinajstić information content (AvgIpc) is 2.65. The highest BCUT2D eigenvalue weighted by atomic mass is 79.9. The van der Waals surface area contributed by atoms with E-state index in [0.717, 1.165) is 5.69 Å². The number of benzene rings is 1. The zero-order valence-electron chi connectivity index (χ0n) is 9.92. The van der Waals surface area contributed by atoms with Crippen LogP contribution in [0.5, 0.6) is 0 Å². The van der Waals surface area contributed by atoms with Crippen LogP contribution >= 0.6 is 27.5 Å². The van der Waals surface area contributed by atoms with E-state index in [9.17, 15) is 4.39 Å². The summed E-state index contributed by atoms with van der Waals surface area (Å²) in [5, 5.41) is 7.65. The molecule has 2 rings (SSSR count). The Kier molecular flexibility index (Phi) is 4.04. The summed E-state index contributed by atoms with van der Waals surface area (Å²) in [5.41, 5.74) is 1.25. The van der Waals surface area contributed by atoms with Gasteiger partial charge in [-0.25, -0.2) is 4.39 Å². The Bertz CT molecular complexity index is 531. The standard InChI is InChI=1S/C12H12BrClFN3/c1-16-11(12-8(14)6-17-18(12)2)10-7(13)4-3-5-9(10)15/h3-6,11,16H,1-2H3. The maximum absolute atomic E-state index is 14.0. The lowest BCUT2D eigenvalue weighted by molar-refractivity contribution is 0.549. The van der Waals surface area contributed by atoms with Crippen molar-refractivity contribution in [1.29, 1.82) is 0 Å². The molecule has 0 radical (unpaired) electrons. The molecule has 1 atom stereocenters. The maximum atomic E-state index is 14.0. The Labute approximate surface area is 118 Å². The first-order valence-corrected chi connectivity index (χ1v) is 6.52. The van der Waals surface area contributed by atoms with E-state index in [1.165, 1.54) is 6.07 Å². The Morgan fingerprint density at radius 2 is 2.22 bits per heavy atom. The van der Waals surface area contributed by atoms with E-state index >= 15 is 0 Å².